The van der Waals surface area contributed by atoms with E-state index in [9.17, 15) is 14.0 Å². The van der Waals surface area contributed by atoms with Gasteiger partial charge in [0.15, 0.2) is 0 Å². The molecular weight excluding hydrogens is 237 g/mol. The fraction of sp³-hybridized carbons (Fsp3) is 0.333. The molecule has 0 aliphatic carbocycles. The van der Waals surface area contributed by atoms with Gasteiger partial charge in [0.2, 0.25) is 11.8 Å². The summed E-state index contributed by atoms with van der Waals surface area (Å²) in [5.74, 6) is -1.60. The van der Waals surface area contributed by atoms with Crippen molar-refractivity contribution in [2.45, 2.75) is 19.8 Å². The molecule has 0 unspecified atom stereocenters. The predicted molar refractivity (Wildman–Crippen MR) is 66.6 cm³/mol. The van der Waals surface area contributed by atoms with Crippen molar-refractivity contribution in [3.63, 3.8) is 0 Å². The second-order valence-electron chi connectivity index (χ2n) is 3.94. The smallest absolute Gasteiger partial charge is 0.248 e. The van der Waals surface area contributed by atoms with Crippen molar-refractivity contribution >= 4 is 17.5 Å². The molecule has 5 nitrogen and oxygen atoms in total. The lowest BCUT2D eigenvalue weighted by Gasteiger charge is -2.10. The van der Waals surface area contributed by atoms with Gasteiger partial charge in [-0.1, -0.05) is 0 Å². The van der Waals surface area contributed by atoms with Crippen molar-refractivity contribution in [1.82, 2.24) is 0 Å². The summed E-state index contributed by atoms with van der Waals surface area (Å²) in [5, 5.41) is 2.54. The Kier molecular flexibility index (Phi) is 4.79. The number of nitrogens with two attached hydrogens (primary N) is 2. The van der Waals surface area contributed by atoms with Gasteiger partial charge in [-0.15, -0.1) is 0 Å². The lowest BCUT2D eigenvalue weighted by molar-refractivity contribution is -0.116. The number of hydrogen-bond acceptors (Lipinski definition) is 3. The summed E-state index contributed by atoms with van der Waals surface area (Å²) in [6, 6.07) is 2.41. The molecule has 18 heavy (non-hydrogen) atoms. The number of rotatable bonds is 5. The number of hydrogen-bond donors (Lipinski definition) is 3. The molecule has 0 saturated carbocycles. The van der Waals surface area contributed by atoms with Gasteiger partial charge >= 0.3 is 0 Å². The second kappa shape index (κ2) is 6.11. The zero-order chi connectivity index (χ0) is 13.7. The summed E-state index contributed by atoms with van der Waals surface area (Å²) in [6.45, 7) is 1.92. The topological polar surface area (TPSA) is 98.2 Å². The average Bonchev–Trinajstić information content (AvgIpc) is 2.31. The van der Waals surface area contributed by atoms with Gasteiger partial charge in [0.25, 0.3) is 0 Å². The maximum atomic E-state index is 13.5. The summed E-state index contributed by atoms with van der Waals surface area (Å²) in [4.78, 5) is 22.5. The lowest BCUT2D eigenvalue weighted by Crippen LogP contribution is -2.17. The van der Waals surface area contributed by atoms with Crippen LogP contribution < -0.4 is 16.8 Å². The number of amides is 2. The van der Waals surface area contributed by atoms with Crippen LogP contribution in [0.5, 0.6) is 0 Å². The Bertz CT molecular complexity index is 475. The van der Waals surface area contributed by atoms with Crippen LogP contribution >= 0.6 is 0 Å². The van der Waals surface area contributed by atoms with E-state index in [2.05, 4.69) is 5.32 Å². The molecule has 5 N–H and O–H groups in total. The van der Waals surface area contributed by atoms with E-state index in [4.69, 9.17) is 11.5 Å². The first kappa shape index (κ1) is 14.1. The molecule has 1 aromatic rings. The molecule has 6 heteroatoms. The first-order valence-electron chi connectivity index (χ1n) is 5.55. The van der Waals surface area contributed by atoms with Crippen molar-refractivity contribution in [3.8, 4) is 0 Å². The van der Waals surface area contributed by atoms with Crippen LogP contribution in [0.4, 0.5) is 10.1 Å². The minimum atomic E-state index is -0.744. The molecule has 2 amide bonds. The third kappa shape index (κ3) is 3.53. The van der Waals surface area contributed by atoms with Crippen LogP contribution in [0.2, 0.25) is 0 Å². The van der Waals surface area contributed by atoms with Crippen molar-refractivity contribution in [2.75, 3.05) is 11.9 Å². The second-order valence-corrected chi connectivity index (χ2v) is 3.94. The van der Waals surface area contributed by atoms with Gasteiger partial charge in [-0.3, -0.25) is 9.59 Å². The zero-order valence-electron chi connectivity index (χ0n) is 10.1. The van der Waals surface area contributed by atoms with E-state index in [0.29, 0.717) is 13.0 Å². The van der Waals surface area contributed by atoms with E-state index in [0.717, 1.165) is 6.07 Å². The van der Waals surface area contributed by atoms with Gasteiger partial charge in [-0.25, -0.2) is 4.39 Å². The van der Waals surface area contributed by atoms with Crippen LogP contribution in [-0.2, 0) is 4.79 Å². The van der Waals surface area contributed by atoms with Gasteiger partial charge in [0.1, 0.15) is 5.82 Å². The normalized spacial score (nSPS) is 10.2. The van der Waals surface area contributed by atoms with Crippen LogP contribution in [0.25, 0.3) is 0 Å². The van der Waals surface area contributed by atoms with E-state index in [1.165, 1.54) is 13.0 Å². The van der Waals surface area contributed by atoms with Gasteiger partial charge in [-0.2, -0.15) is 0 Å². The lowest BCUT2D eigenvalue weighted by atomic mass is 10.1. The Balaban J connectivity index is 2.94. The summed E-state index contributed by atoms with van der Waals surface area (Å²) in [5.41, 5.74) is 10.9. The Morgan fingerprint density at radius 1 is 1.39 bits per heavy atom. The molecule has 0 fully saturated rings. The summed E-state index contributed by atoms with van der Waals surface area (Å²) in [7, 11) is 0. The van der Waals surface area contributed by atoms with Crippen LogP contribution in [-0.4, -0.2) is 18.4 Å². The minimum Gasteiger partial charge on any atom is -0.366 e. The molecular formula is C12H16FN3O2. The number of primary amides is 1. The van der Waals surface area contributed by atoms with Gasteiger partial charge in [-0.05, 0) is 32.0 Å². The molecule has 0 radical (unpaired) electrons. The molecule has 0 aliphatic rings. The third-order valence-electron chi connectivity index (χ3n) is 2.51. The maximum absolute atomic E-state index is 13.5. The van der Waals surface area contributed by atoms with E-state index < -0.39 is 11.7 Å². The molecule has 0 atom stereocenters. The van der Waals surface area contributed by atoms with Crippen molar-refractivity contribution in [2.24, 2.45) is 11.5 Å². The number of carbonyl (C=O) groups is 2. The first-order valence-corrected chi connectivity index (χ1v) is 5.55. The monoisotopic (exact) mass is 253 g/mol. The molecule has 0 saturated heterocycles. The largest absolute Gasteiger partial charge is 0.366 e. The highest BCUT2D eigenvalue weighted by Crippen LogP contribution is 2.20. The van der Waals surface area contributed by atoms with E-state index in [1.807, 2.05) is 0 Å². The number of nitrogens with one attached hydrogen (secondary N) is 1. The summed E-state index contributed by atoms with van der Waals surface area (Å²) >= 11 is 0. The van der Waals surface area contributed by atoms with E-state index >= 15 is 0 Å². The van der Waals surface area contributed by atoms with Crippen LogP contribution in [0.1, 0.15) is 28.8 Å². The average molecular weight is 253 g/mol. The summed E-state index contributed by atoms with van der Waals surface area (Å²) in [6.07, 6.45) is 0.793. The van der Waals surface area contributed by atoms with E-state index in [-0.39, 0.29) is 29.1 Å². The van der Waals surface area contributed by atoms with Crippen molar-refractivity contribution in [1.29, 1.82) is 0 Å². The van der Waals surface area contributed by atoms with Crippen LogP contribution in [0, 0.1) is 12.7 Å². The molecule has 0 heterocycles. The zero-order valence-corrected chi connectivity index (χ0v) is 10.1. The van der Waals surface area contributed by atoms with Gasteiger partial charge in [0.05, 0.1) is 0 Å². The Labute approximate surface area is 104 Å². The predicted octanol–water partition coefficient (Wildman–Crippen LogP) is 0.910. The standard InChI is InChI=1S/C12H16FN3O2/c1-7-9(13)5-8(12(15)18)6-10(7)16-11(17)3-2-4-14/h5-6H,2-4,14H2,1H3,(H2,15,18)(H,16,17). The first-order chi connectivity index (χ1) is 8.45. The third-order valence-corrected chi connectivity index (χ3v) is 2.51. The summed E-state index contributed by atoms with van der Waals surface area (Å²) < 4.78 is 13.5. The maximum Gasteiger partial charge on any atom is 0.248 e. The number of anilines is 1. The highest BCUT2D eigenvalue weighted by molar-refractivity contribution is 5.97. The molecule has 0 aromatic heterocycles. The minimum absolute atomic E-state index is 0.0206. The molecule has 98 valence electrons. The molecule has 0 aliphatic heterocycles. The fourth-order valence-corrected chi connectivity index (χ4v) is 1.43. The Morgan fingerprint density at radius 2 is 2.06 bits per heavy atom. The van der Waals surface area contributed by atoms with Gasteiger partial charge < -0.3 is 16.8 Å². The molecule has 0 spiro atoms. The number of benzene rings is 1. The Hall–Kier alpha value is -1.95. The molecule has 1 rings (SSSR count). The number of halogens is 1. The number of carbonyl (C=O) groups excluding carboxylic acids is 2. The molecule has 1 aromatic carbocycles. The van der Waals surface area contributed by atoms with E-state index in [1.54, 1.807) is 0 Å². The highest BCUT2D eigenvalue weighted by Gasteiger charge is 2.12. The highest BCUT2D eigenvalue weighted by atomic mass is 19.1. The fourth-order valence-electron chi connectivity index (χ4n) is 1.43. The van der Waals surface area contributed by atoms with Crippen LogP contribution in [0.15, 0.2) is 12.1 Å². The van der Waals surface area contributed by atoms with Crippen molar-refractivity contribution in [3.05, 3.63) is 29.1 Å². The Morgan fingerprint density at radius 3 is 2.61 bits per heavy atom. The SMILES string of the molecule is Cc1c(F)cc(C(N)=O)cc1NC(=O)CCCN. The van der Waals surface area contributed by atoms with Crippen molar-refractivity contribution < 1.29 is 14.0 Å². The quantitative estimate of drug-likeness (QED) is 0.727. The van der Waals surface area contributed by atoms with Crippen LogP contribution in [0.3, 0.4) is 0 Å². The molecule has 0 bridgehead atoms. The van der Waals surface area contributed by atoms with Gasteiger partial charge in [0, 0.05) is 23.2 Å².